The van der Waals surface area contributed by atoms with Crippen molar-refractivity contribution in [3.05, 3.63) is 64.5 Å². The van der Waals surface area contributed by atoms with Gasteiger partial charge in [-0.2, -0.15) is 0 Å². The van der Waals surface area contributed by atoms with Gasteiger partial charge in [0.1, 0.15) is 5.82 Å². The van der Waals surface area contributed by atoms with Gasteiger partial charge in [0.2, 0.25) is 0 Å². The summed E-state index contributed by atoms with van der Waals surface area (Å²) in [5.41, 5.74) is 8.37. The molecule has 0 saturated carbocycles. The fourth-order valence-corrected chi connectivity index (χ4v) is 2.81. The Kier molecular flexibility index (Phi) is 3.03. The SMILES string of the molecule is Nc1cc(F)ccc1Cn1cc(Br)c2ccccc21. The molecule has 0 unspecified atom stereocenters. The number of benzene rings is 2. The number of nitrogens with two attached hydrogens (primary N) is 1. The second kappa shape index (κ2) is 4.70. The Morgan fingerprint density at radius 1 is 1.16 bits per heavy atom. The molecule has 19 heavy (non-hydrogen) atoms. The fourth-order valence-electron chi connectivity index (χ4n) is 2.23. The molecular formula is C15H12BrFN2. The molecular weight excluding hydrogens is 307 g/mol. The number of aromatic nitrogens is 1. The lowest BCUT2D eigenvalue weighted by Gasteiger charge is -2.08. The van der Waals surface area contributed by atoms with E-state index >= 15 is 0 Å². The molecule has 2 nitrogen and oxygen atoms in total. The minimum absolute atomic E-state index is 0.306. The summed E-state index contributed by atoms with van der Waals surface area (Å²) in [4.78, 5) is 0. The average Bonchev–Trinajstić information content (AvgIpc) is 2.71. The van der Waals surface area contributed by atoms with Crippen LogP contribution in [0.1, 0.15) is 5.56 Å². The maximum absolute atomic E-state index is 13.0. The second-order valence-electron chi connectivity index (χ2n) is 4.47. The molecule has 2 N–H and O–H groups in total. The van der Waals surface area contributed by atoms with Crippen LogP contribution in [0.5, 0.6) is 0 Å². The van der Waals surface area contributed by atoms with E-state index < -0.39 is 0 Å². The van der Waals surface area contributed by atoms with E-state index in [0.29, 0.717) is 12.2 Å². The van der Waals surface area contributed by atoms with E-state index in [2.05, 4.69) is 32.6 Å². The van der Waals surface area contributed by atoms with Gasteiger partial charge in [0.25, 0.3) is 0 Å². The average molecular weight is 319 g/mol. The van der Waals surface area contributed by atoms with Gasteiger partial charge in [-0.05, 0) is 39.7 Å². The number of anilines is 1. The molecule has 0 aliphatic carbocycles. The van der Waals surface area contributed by atoms with Crippen molar-refractivity contribution in [2.45, 2.75) is 6.54 Å². The van der Waals surface area contributed by atoms with Crippen molar-refractivity contribution in [3.63, 3.8) is 0 Å². The molecule has 3 aromatic rings. The number of rotatable bonds is 2. The molecule has 0 radical (unpaired) electrons. The van der Waals surface area contributed by atoms with Crippen molar-refractivity contribution in [1.82, 2.24) is 4.57 Å². The van der Waals surface area contributed by atoms with Gasteiger partial charge < -0.3 is 10.3 Å². The van der Waals surface area contributed by atoms with Crippen molar-refractivity contribution in [1.29, 1.82) is 0 Å². The molecule has 1 heterocycles. The van der Waals surface area contributed by atoms with Crippen molar-refractivity contribution in [2.75, 3.05) is 5.73 Å². The van der Waals surface area contributed by atoms with E-state index in [4.69, 9.17) is 5.73 Å². The molecule has 0 saturated heterocycles. The molecule has 0 aliphatic rings. The lowest BCUT2D eigenvalue weighted by molar-refractivity contribution is 0.627. The van der Waals surface area contributed by atoms with E-state index in [1.165, 1.54) is 12.1 Å². The molecule has 0 amide bonds. The second-order valence-corrected chi connectivity index (χ2v) is 5.32. The summed E-state index contributed by atoms with van der Waals surface area (Å²) in [6.07, 6.45) is 2.02. The van der Waals surface area contributed by atoms with Crippen LogP contribution in [-0.4, -0.2) is 4.57 Å². The zero-order valence-electron chi connectivity index (χ0n) is 10.1. The third-order valence-corrected chi connectivity index (χ3v) is 3.82. The van der Waals surface area contributed by atoms with Gasteiger partial charge in [-0.3, -0.25) is 0 Å². The highest BCUT2D eigenvalue weighted by molar-refractivity contribution is 9.10. The third-order valence-electron chi connectivity index (χ3n) is 3.19. The van der Waals surface area contributed by atoms with Crippen LogP contribution in [0.25, 0.3) is 10.9 Å². The summed E-state index contributed by atoms with van der Waals surface area (Å²) in [6, 6.07) is 12.6. The largest absolute Gasteiger partial charge is 0.398 e. The van der Waals surface area contributed by atoms with Crippen LogP contribution >= 0.6 is 15.9 Å². The predicted octanol–water partition coefficient (Wildman–Crippen LogP) is 4.17. The van der Waals surface area contributed by atoms with Crippen LogP contribution in [0.3, 0.4) is 0 Å². The zero-order chi connectivity index (χ0) is 13.4. The normalized spacial score (nSPS) is 11.1. The fraction of sp³-hybridized carbons (Fsp3) is 0.0667. The first kappa shape index (κ1) is 12.2. The third kappa shape index (κ3) is 2.24. The summed E-state index contributed by atoms with van der Waals surface area (Å²) in [6.45, 7) is 0.623. The molecule has 3 rings (SSSR count). The van der Waals surface area contributed by atoms with Crippen molar-refractivity contribution in [3.8, 4) is 0 Å². The molecule has 2 aromatic carbocycles. The Hall–Kier alpha value is -1.81. The molecule has 1 aromatic heterocycles. The molecule has 0 aliphatic heterocycles. The first-order valence-corrected chi connectivity index (χ1v) is 6.72. The van der Waals surface area contributed by atoms with Crippen LogP contribution in [0, 0.1) is 5.82 Å². The molecule has 0 bridgehead atoms. The number of halogens is 2. The minimum Gasteiger partial charge on any atom is -0.398 e. The molecule has 0 atom stereocenters. The van der Waals surface area contributed by atoms with Gasteiger partial charge in [0.15, 0.2) is 0 Å². The summed E-state index contributed by atoms with van der Waals surface area (Å²) < 4.78 is 16.2. The van der Waals surface area contributed by atoms with Gasteiger partial charge in [0.05, 0.1) is 0 Å². The maximum Gasteiger partial charge on any atom is 0.125 e. The molecule has 0 fully saturated rings. The topological polar surface area (TPSA) is 30.9 Å². The van der Waals surface area contributed by atoms with E-state index in [1.54, 1.807) is 6.07 Å². The number of nitrogens with zero attached hydrogens (tertiary/aromatic N) is 1. The summed E-state index contributed by atoms with van der Waals surface area (Å²) in [7, 11) is 0. The van der Waals surface area contributed by atoms with E-state index in [0.717, 1.165) is 20.9 Å². The van der Waals surface area contributed by atoms with E-state index in [1.807, 2.05) is 18.3 Å². The zero-order valence-corrected chi connectivity index (χ0v) is 11.7. The Morgan fingerprint density at radius 2 is 1.95 bits per heavy atom. The summed E-state index contributed by atoms with van der Waals surface area (Å²) >= 11 is 3.55. The number of para-hydroxylation sites is 1. The monoisotopic (exact) mass is 318 g/mol. The Bertz CT molecular complexity index is 749. The Morgan fingerprint density at radius 3 is 2.74 bits per heavy atom. The van der Waals surface area contributed by atoms with E-state index in [9.17, 15) is 4.39 Å². The molecule has 4 heteroatoms. The first-order chi connectivity index (χ1) is 9.15. The highest BCUT2D eigenvalue weighted by atomic mass is 79.9. The lowest BCUT2D eigenvalue weighted by Crippen LogP contribution is -2.02. The number of fused-ring (bicyclic) bond motifs is 1. The molecule has 96 valence electrons. The highest BCUT2D eigenvalue weighted by Crippen LogP contribution is 2.27. The van der Waals surface area contributed by atoms with E-state index in [-0.39, 0.29) is 5.82 Å². The number of hydrogen-bond acceptors (Lipinski definition) is 1. The quantitative estimate of drug-likeness (QED) is 0.706. The smallest absolute Gasteiger partial charge is 0.125 e. The van der Waals surface area contributed by atoms with Crippen LogP contribution in [0.4, 0.5) is 10.1 Å². The van der Waals surface area contributed by atoms with Crippen molar-refractivity contribution in [2.24, 2.45) is 0 Å². The Labute approximate surface area is 118 Å². The molecule has 0 spiro atoms. The van der Waals surface area contributed by atoms with Gasteiger partial charge in [-0.1, -0.05) is 24.3 Å². The van der Waals surface area contributed by atoms with Crippen LogP contribution in [0.2, 0.25) is 0 Å². The summed E-state index contributed by atoms with van der Waals surface area (Å²) in [5.74, 6) is -0.306. The lowest BCUT2D eigenvalue weighted by atomic mass is 10.1. The van der Waals surface area contributed by atoms with Crippen molar-refractivity contribution < 1.29 is 4.39 Å². The highest BCUT2D eigenvalue weighted by Gasteiger charge is 2.08. The van der Waals surface area contributed by atoms with Crippen LogP contribution in [0.15, 0.2) is 53.1 Å². The van der Waals surface area contributed by atoms with Gasteiger partial charge in [0, 0.05) is 33.8 Å². The first-order valence-electron chi connectivity index (χ1n) is 5.92. The number of hydrogen-bond donors (Lipinski definition) is 1. The minimum atomic E-state index is -0.306. The van der Waals surface area contributed by atoms with Gasteiger partial charge >= 0.3 is 0 Å². The maximum atomic E-state index is 13.0. The van der Waals surface area contributed by atoms with Gasteiger partial charge in [-0.25, -0.2) is 4.39 Å². The van der Waals surface area contributed by atoms with Crippen LogP contribution < -0.4 is 5.73 Å². The van der Waals surface area contributed by atoms with Crippen LogP contribution in [-0.2, 0) is 6.54 Å². The number of nitrogen functional groups attached to an aromatic ring is 1. The Balaban J connectivity index is 2.06. The summed E-state index contributed by atoms with van der Waals surface area (Å²) in [5, 5.41) is 1.16. The predicted molar refractivity (Wildman–Crippen MR) is 79.6 cm³/mol. The van der Waals surface area contributed by atoms with Crippen molar-refractivity contribution >= 4 is 32.5 Å². The van der Waals surface area contributed by atoms with Gasteiger partial charge in [-0.15, -0.1) is 0 Å². The standard InChI is InChI=1S/C15H12BrFN2/c16-13-9-19(15-4-2-1-3-12(13)15)8-10-5-6-11(17)7-14(10)18/h1-7,9H,8,18H2.